The normalized spacial score (nSPS) is 11.9. The van der Waals surface area contributed by atoms with Gasteiger partial charge < -0.3 is 10.2 Å². The molecule has 0 radical (unpaired) electrons. The van der Waals surface area contributed by atoms with Crippen LogP contribution in [0.3, 0.4) is 0 Å². The van der Waals surface area contributed by atoms with Crippen LogP contribution < -0.4 is 14.3 Å². The maximum atomic E-state index is 12.9. The smallest absolute Gasteiger partial charge is 0.314 e. The van der Waals surface area contributed by atoms with Gasteiger partial charge >= 0.3 is 6.43 Å². The van der Waals surface area contributed by atoms with Crippen molar-refractivity contribution in [2.24, 2.45) is 19.8 Å². The first kappa shape index (κ1) is 41.4. The molecule has 7 rings (SSSR count). The average Bonchev–Trinajstić information content (AvgIpc) is 3.99. The minimum atomic E-state index is -3.63. The molecule has 5 aromatic heterocycles. The lowest BCUT2D eigenvalue weighted by Crippen LogP contribution is -2.32. The number of carbonyl (C=O) groups is 1. The zero-order valence-electron chi connectivity index (χ0n) is 31.8. The monoisotopic (exact) mass is 835 g/mol. The number of alkyl halides is 2. The van der Waals surface area contributed by atoms with Crippen molar-refractivity contribution in [3.05, 3.63) is 108 Å². The largest absolute Gasteiger partial charge is 0.415 e. The molecular formula is C37H39F2N11O6S2. The number of aromatic nitrogens is 8. The van der Waals surface area contributed by atoms with Crippen LogP contribution in [-0.4, -0.2) is 80.4 Å². The van der Waals surface area contributed by atoms with Crippen LogP contribution in [0.5, 0.6) is 0 Å². The number of aryl methyl sites for hydroxylation is 2. The number of benzene rings is 2. The van der Waals surface area contributed by atoms with Gasteiger partial charge in [0, 0.05) is 42.8 Å². The molecule has 304 valence electrons. The van der Waals surface area contributed by atoms with Crippen molar-refractivity contribution in [1.29, 1.82) is 0 Å². The van der Waals surface area contributed by atoms with Gasteiger partial charge in [0.2, 0.25) is 25.9 Å². The number of hydrogen-bond acceptors (Lipinski definition) is 13. The molecule has 21 heteroatoms. The third-order valence-electron chi connectivity index (χ3n) is 9.12. The van der Waals surface area contributed by atoms with E-state index in [1.807, 2.05) is 12.1 Å². The minimum Gasteiger partial charge on any atom is -0.415 e. The summed E-state index contributed by atoms with van der Waals surface area (Å²) in [6, 6.07) is 17.2. The summed E-state index contributed by atoms with van der Waals surface area (Å²) in [6.45, 7) is 3.11. The van der Waals surface area contributed by atoms with Crippen molar-refractivity contribution in [3.8, 4) is 11.5 Å². The Morgan fingerprint density at radius 2 is 1.26 bits per heavy atom. The summed E-state index contributed by atoms with van der Waals surface area (Å²) in [4.78, 5) is 20.2. The highest BCUT2D eigenvalue weighted by atomic mass is 32.2. The van der Waals surface area contributed by atoms with E-state index in [9.17, 15) is 30.4 Å². The molecule has 5 heterocycles. The van der Waals surface area contributed by atoms with E-state index in [1.165, 1.54) is 21.0 Å². The number of nitrogens with zero attached hydrogens (tertiary/aromatic N) is 10. The summed E-state index contributed by atoms with van der Waals surface area (Å²) in [6.07, 6.45) is 3.21. The van der Waals surface area contributed by atoms with E-state index in [4.69, 9.17) is 10.2 Å². The highest BCUT2D eigenvalue weighted by Crippen LogP contribution is 2.32. The van der Waals surface area contributed by atoms with Crippen LogP contribution in [0.15, 0.2) is 89.9 Å². The summed E-state index contributed by atoms with van der Waals surface area (Å²) in [5, 5.41) is 16.8. The third-order valence-corrected chi connectivity index (χ3v) is 12.6. The van der Waals surface area contributed by atoms with Gasteiger partial charge in [0.1, 0.15) is 0 Å². The first-order valence-electron chi connectivity index (χ1n) is 17.7. The number of ketones is 1. The number of hydrogen-bond donors (Lipinski definition) is 1. The molecule has 0 spiro atoms. The number of pyridine rings is 2. The Balaban J connectivity index is 0.000000198. The maximum absolute atomic E-state index is 12.9. The Bertz CT molecular complexity index is 2770. The van der Waals surface area contributed by atoms with Gasteiger partial charge in [-0.1, -0.05) is 12.1 Å². The fraction of sp³-hybridized carbons (Fsp3) is 0.270. The summed E-state index contributed by atoms with van der Waals surface area (Å²) in [7, 11) is -3.60. The van der Waals surface area contributed by atoms with Crippen molar-refractivity contribution in [1.82, 2.24) is 39.7 Å². The van der Waals surface area contributed by atoms with E-state index >= 15 is 0 Å². The average molecular weight is 836 g/mol. The molecule has 0 aliphatic rings. The Morgan fingerprint density at radius 1 is 0.741 bits per heavy atom. The second-order valence-corrected chi connectivity index (χ2v) is 17.1. The summed E-state index contributed by atoms with van der Waals surface area (Å²) >= 11 is 0. The highest BCUT2D eigenvalue weighted by Gasteiger charge is 2.26. The van der Waals surface area contributed by atoms with Gasteiger partial charge in [0.15, 0.2) is 5.78 Å². The molecule has 2 N–H and O–H groups in total. The lowest BCUT2D eigenvalue weighted by molar-refractivity contribution is 0.100. The van der Waals surface area contributed by atoms with Crippen LogP contribution in [0.2, 0.25) is 0 Å². The number of nitrogens with two attached hydrogens (primary N) is 1. The molecule has 58 heavy (non-hydrogen) atoms. The number of fused-ring (bicyclic) bond motifs is 2. The number of carbonyl (C=O) groups excluding carboxylic acids is 1. The molecule has 2 aromatic carbocycles. The molecule has 0 bridgehead atoms. The predicted octanol–water partition coefficient (Wildman–Crippen LogP) is 4.78. The van der Waals surface area contributed by atoms with Crippen molar-refractivity contribution in [3.63, 3.8) is 0 Å². The summed E-state index contributed by atoms with van der Waals surface area (Å²) < 4.78 is 87.5. The van der Waals surface area contributed by atoms with E-state index in [0.717, 1.165) is 16.4 Å². The molecule has 0 aliphatic heterocycles. The van der Waals surface area contributed by atoms with Gasteiger partial charge in [-0.3, -0.25) is 32.7 Å². The fourth-order valence-electron chi connectivity index (χ4n) is 5.92. The molecule has 0 amide bonds. The van der Waals surface area contributed by atoms with Gasteiger partial charge in [-0.05, 0) is 62.4 Å². The molecule has 0 atom stereocenters. The van der Waals surface area contributed by atoms with E-state index in [0.29, 0.717) is 39.3 Å². The molecular weight excluding hydrogens is 797 g/mol. The van der Waals surface area contributed by atoms with E-state index in [-0.39, 0.29) is 42.8 Å². The Labute approximate surface area is 332 Å². The minimum absolute atomic E-state index is 0.0173. The second-order valence-electron chi connectivity index (χ2n) is 12.7. The van der Waals surface area contributed by atoms with Crippen LogP contribution >= 0.6 is 0 Å². The molecule has 0 saturated carbocycles. The second kappa shape index (κ2) is 17.1. The van der Waals surface area contributed by atoms with Crippen molar-refractivity contribution in [2.75, 3.05) is 26.7 Å². The molecule has 17 nitrogen and oxygen atoms in total. The lowest BCUT2D eigenvalue weighted by Gasteiger charge is -2.24. The first-order valence-corrected chi connectivity index (χ1v) is 21.0. The van der Waals surface area contributed by atoms with Crippen LogP contribution in [-0.2, 0) is 47.2 Å². The quantitative estimate of drug-likeness (QED) is 0.146. The third kappa shape index (κ3) is 8.70. The molecule has 0 aliphatic carbocycles. The van der Waals surface area contributed by atoms with Crippen molar-refractivity contribution >= 4 is 59.0 Å². The van der Waals surface area contributed by atoms with Gasteiger partial charge in [-0.15, -0.1) is 10.2 Å². The number of anilines is 2. The predicted molar refractivity (Wildman–Crippen MR) is 213 cm³/mol. The molecule has 0 saturated heterocycles. The SMILES string of the molecule is CCS(=O)(=O)N(Cc1ccc(-c2nnc(C(F)F)o2)cn1)c1cccc2c1cnn2C.CCS(=O)(=O)N(Cc1ccc(C(=O)CN)cn1)c1cccc2c1cnn2C. The van der Waals surface area contributed by atoms with Gasteiger partial charge in [-0.2, -0.15) is 19.0 Å². The van der Waals surface area contributed by atoms with Gasteiger partial charge in [-0.25, -0.2) is 16.8 Å². The van der Waals surface area contributed by atoms with Gasteiger partial charge in [0.05, 0.1) is 82.9 Å². The summed E-state index contributed by atoms with van der Waals surface area (Å²) in [5.41, 5.74) is 9.77. The zero-order chi connectivity index (χ0) is 41.8. The van der Waals surface area contributed by atoms with E-state index < -0.39 is 32.4 Å². The maximum Gasteiger partial charge on any atom is 0.314 e. The molecule has 7 aromatic rings. The first-order chi connectivity index (χ1) is 27.7. The van der Waals surface area contributed by atoms with Crippen molar-refractivity contribution < 1.29 is 34.8 Å². The van der Waals surface area contributed by atoms with Crippen molar-refractivity contribution in [2.45, 2.75) is 33.4 Å². The topological polar surface area (TPSA) is 218 Å². The van der Waals surface area contributed by atoms with E-state index in [1.54, 1.807) is 98.2 Å². The highest BCUT2D eigenvalue weighted by molar-refractivity contribution is 7.93. The van der Waals surface area contributed by atoms with E-state index in [2.05, 4.69) is 30.4 Å². The standard InChI is InChI=1S/C19H18F2N6O3S.C18H21N5O3S/c1-3-31(28,29)27(16-6-4-5-15-14(16)10-23-26(15)2)11-13-8-7-12(9-22-13)18-24-25-19(30-18)17(20)21;1-3-27(25,26)23(12-14-8-7-13(10-20-14)18(24)9-19)17-6-4-5-16-15(17)11-21-22(16)2/h4-10,17H,3,11H2,1-2H3;4-8,10-11H,3,9,12,19H2,1-2H3. The number of halogens is 2. The molecule has 0 unspecified atom stereocenters. The lowest BCUT2D eigenvalue weighted by atomic mass is 10.1. The Kier molecular flexibility index (Phi) is 12.2. The van der Waals surface area contributed by atoms with Crippen LogP contribution in [0.4, 0.5) is 20.2 Å². The number of sulfonamides is 2. The van der Waals surface area contributed by atoms with Gasteiger partial charge in [0.25, 0.3) is 5.89 Å². The fourth-order valence-corrected chi connectivity index (χ4v) is 8.12. The number of Topliss-reactive ketones (excluding diaryl/α,β-unsaturated/α-hetero) is 1. The van der Waals surface area contributed by atoms with Crippen LogP contribution in [0.1, 0.15) is 47.9 Å². The zero-order valence-corrected chi connectivity index (χ0v) is 33.4. The molecule has 0 fully saturated rings. The van der Waals surface area contributed by atoms with Crippen LogP contribution in [0.25, 0.3) is 33.3 Å². The Morgan fingerprint density at radius 3 is 1.67 bits per heavy atom. The number of rotatable bonds is 14. The Hall–Kier alpha value is -6.19. The summed E-state index contributed by atoms with van der Waals surface area (Å²) in [5.74, 6) is -1.23. The van der Waals surface area contributed by atoms with Crippen LogP contribution in [0, 0.1) is 0 Å².